The van der Waals surface area contributed by atoms with Crippen molar-refractivity contribution >= 4 is 5.97 Å². The maximum absolute atomic E-state index is 11.0. The number of carboxylic acid groups (broad SMARTS) is 1. The molecular weight excluding hydrogens is 244 g/mol. The summed E-state index contributed by atoms with van der Waals surface area (Å²) in [4.78, 5) is 15.9. The van der Waals surface area contributed by atoms with Crippen molar-refractivity contribution in [2.75, 3.05) is 45.9 Å². The van der Waals surface area contributed by atoms with Crippen molar-refractivity contribution in [1.82, 2.24) is 9.80 Å². The van der Waals surface area contributed by atoms with Crippen molar-refractivity contribution in [1.29, 1.82) is 0 Å². The zero-order valence-electron chi connectivity index (χ0n) is 11.9. The molecule has 1 saturated heterocycles. The molecule has 1 atom stereocenters. The van der Waals surface area contributed by atoms with Gasteiger partial charge in [-0.2, -0.15) is 0 Å². The van der Waals surface area contributed by atoms with Gasteiger partial charge in [0.15, 0.2) is 6.10 Å². The molecule has 1 aliphatic heterocycles. The van der Waals surface area contributed by atoms with E-state index in [0.29, 0.717) is 13.0 Å². The minimum atomic E-state index is -0.839. The van der Waals surface area contributed by atoms with Gasteiger partial charge < -0.3 is 19.6 Å². The maximum Gasteiger partial charge on any atom is 0.332 e. The Morgan fingerprint density at radius 3 is 2.42 bits per heavy atom. The van der Waals surface area contributed by atoms with Crippen LogP contribution >= 0.6 is 0 Å². The predicted molar refractivity (Wildman–Crippen MR) is 73.3 cm³/mol. The molecule has 2 rings (SSSR count). The monoisotopic (exact) mass is 270 g/mol. The summed E-state index contributed by atoms with van der Waals surface area (Å²) in [6.07, 6.45) is 2.77. The fourth-order valence-corrected chi connectivity index (χ4v) is 2.64. The van der Waals surface area contributed by atoms with E-state index in [9.17, 15) is 4.79 Å². The van der Waals surface area contributed by atoms with Crippen LogP contribution in [0.3, 0.4) is 0 Å². The van der Waals surface area contributed by atoms with Crippen molar-refractivity contribution in [3.63, 3.8) is 0 Å². The van der Waals surface area contributed by atoms with Crippen LogP contribution in [-0.4, -0.2) is 72.9 Å². The summed E-state index contributed by atoms with van der Waals surface area (Å²) in [7, 11) is 0. The van der Waals surface area contributed by atoms with Gasteiger partial charge in [-0.3, -0.25) is 0 Å². The summed E-state index contributed by atoms with van der Waals surface area (Å²) in [5.74, 6) is 0.120. The molecule has 1 heterocycles. The molecule has 0 spiro atoms. The van der Waals surface area contributed by atoms with Crippen LogP contribution in [0.25, 0.3) is 0 Å². The number of aliphatic carboxylic acids is 1. The first-order chi connectivity index (χ1) is 9.19. The van der Waals surface area contributed by atoms with Crippen molar-refractivity contribution in [2.45, 2.75) is 32.3 Å². The Bertz CT molecular complexity index is 286. The third-order valence-corrected chi connectivity index (χ3v) is 4.03. The summed E-state index contributed by atoms with van der Waals surface area (Å²) in [6, 6.07) is 0. The molecule has 0 amide bonds. The molecule has 1 saturated carbocycles. The highest BCUT2D eigenvalue weighted by atomic mass is 16.5. The van der Waals surface area contributed by atoms with Crippen LogP contribution in [0.1, 0.15) is 26.2 Å². The van der Waals surface area contributed by atoms with Crippen LogP contribution in [-0.2, 0) is 9.53 Å². The first-order valence-electron chi connectivity index (χ1n) is 7.48. The molecule has 1 aliphatic carbocycles. The molecule has 2 fully saturated rings. The minimum absolute atomic E-state index is 0.464. The number of hydrogen-bond donors (Lipinski definition) is 1. The van der Waals surface area contributed by atoms with E-state index in [1.165, 1.54) is 19.4 Å². The van der Waals surface area contributed by atoms with Gasteiger partial charge in [-0.1, -0.05) is 0 Å². The quantitative estimate of drug-likeness (QED) is 0.710. The molecule has 5 heteroatoms. The number of rotatable bonds is 8. The summed E-state index contributed by atoms with van der Waals surface area (Å²) < 4.78 is 5.24. The molecular formula is C14H26N2O3. The van der Waals surface area contributed by atoms with Gasteiger partial charge in [0.05, 0.1) is 0 Å². The van der Waals surface area contributed by atoms with Crippen LogP contribution in [0, 0.1) is 5.92 Å². The Morgan fingerprint density at radius 1 is 1.26 bits per heavy atom. The van der Waals surface area contributed by atoms with Crippen molar-refractivity contribution < 1.29 is 14.6 Å². The fraction of sp³-hybridized carbons (Fsp3) is 0.929. The number of piperazine rings is 1. The normalized spacial score (nSPS) is 23.4. The van der Waals surface area contributed by atoms with Crippen molar-refractivity contribution in [3.8, 4) is 0 Å². The first-order valence-corrected chi connectivity index (χ1v) is 7.48. The van der Waals surface area contributed by atoms with Gasteiger partial charge >= 0.3 is 5.97 Å². The molecule has 1 unspecified atom stereocenters. The van der Waals surface area contributed by atoms with Crippen molar-refractivity contribution in [3.05, 3.63) is 0 Å². The van der Waals surface area contributed by atoms with Gasteiger partial charge in [0, 0.05) is 45.9 Å². The van der Waals surface area contributed by atoms with Crippen LogP contribution in [0.2, 0.25) is 0 Å². The van der Waals surface area contributed by atoms with Gasteiger partial charge in [0.2, 0.25) is 0 Å². The Hall–Kier alpha value is -0.650. The molecule has 1 N–H and O–H groups in total. The summed E-state index contributed by atoms with van der Waals surface area (Å²) >= 11 is 0. The molecule has 0 aromatic rings. The summed E-state index contributed by atoms with van der Waals surface area (Å²) in [6.45, 7) is 8.78. The lowest BCUT2D eigenvalue weighted by atomic mass is 10.2. The Labute approximate surface area is 115 Å². The molecule has 0 bridgehead atoms. The molecule has 0 radical (unpaired) electrons. The highest BCUT2D eigenvalue weighted by Crippen LogP contribution is 2.29. The lowest BCUT2D eigenvalue weighted by molar-refractivity contribution is -0.150. The average molecular weight is 270 g/mol. The summed E-state index contributed by atoms with van der Waals surface area (Å²) in [5.41, 5.74) is 0. The molecule has 2 aliphatic rings. The zero-order chi connectivity index (χ0) is 13.7. The second kappa shape index (κ2) is 7.22. The van der Waals surface area contributed by atoms with Gasteiger partial charge in [0.1, 0.15) is 0 Å². The molecule has 110 valence electrons. The predicted octanol–water partition coefficient (Wildman–Crippen LogP) is 0.894. The van der Waals surface area contributed by atoms with E-state index in [0.717, 1.165) is 38.6 Å². The molecule has 5 nitrogen and oxygen atoms in total. The SMILES string of the molecule is CCOC(CCN1CCN(CC2CC2)CC1)C(=O)O. The van der Waals surface area contributed by atoms with Crippen LogP contribution in [0.15, 0.2) is 0 Å². The number of nitrogens with zero attached hydrogens (tertiary/aromatic N) is 2. The van der Waals surface area contributed by atoms with E-state index >= 15 is 0 Å². The maximum atomic E-state index is 11.0. The number of hydrogen-bond acceptors (Lipinski definition) is 4. The Balaban J connectivity index is 1.62. The van der Waals surface area contributed by atoms with Crippen LogP contribution in [0.4, 0.5) is 0 Å². The van der Waals surface area contributed by atoms with Crippen LogP contribution in [0.5, 0.6) is 0 Å². The highest BCUT2D eigenvalue weighted by Gasteiger charge is 2.26. The summed E-state index contributed by atoms with van der Waals surface area (Å²) in [5, 5.41) is 9.03. The van der Waals surface area contributed by atoms with E-state index < -0.39 is 12.1 Å². The largest absolute Gasteiger partial charge is 0.479 e. The Morgan fingerprint density at radius 2 is 1.89 bits per heavy atom. The smallest absolute Gasteiger partial charge is 0.332 e. The van der Waals surface area contributed by atoms with Gasteiger partial charge in [0.25, 0.3) is 0 Å². The number of carboxylic acids is 1. The Kier molecular flexibility index (Phi) is 5.60. The standard InChI is InChI=1S/C14H26N2O3/c1-2-19-13(14(17)18)5-6-15-7-9-16(10-8-15)11-12-3-4-12/h12-13H,2-11H2,1H3,(H,17,18). The molecule has 0 aromatic carbocycles. The average Bonchev–Trinajstić information content (AvgIpc) is 3.20. The molecule has 0 aromatic heterocycles. The fourth-order valence-electron chi connectivity index (χ4n) is 2.64. The first kappa shape index (κ1) is 14.8. The van der Waals surface area contributed by atoms with Crippen molar-refractivity contribution in [2.24, 2.45) is 5.92 Å². The topological polar surface area (TPSA) is 53.0 Å². The lowest BCUT2D eigenvalue weighted by Crippen LogP contribution is -2.47. The van der Waals surface area contributed by atoms with E-state index in [1.54, 1.807) is 0 Å². The third-order valence-electron chi connectivity index (χ3n) is 4.03. The van der Waals surface area contributed by atoms with Gasteiger partial charge in [-0.15, -0.1) is 0 Å². The molecule has 19 heavy (non-hydrogen) atoms. The minimum Gasteiger partial charge on any atom is -0.479 e. The van der Waals surface area contributed by atoms with E-state index in [2.05, 4.69) is 9.80 Å². The second-order valence-corrected chi connectivity index (χ2v) is 5.66. The number of carbonyl (C=O) groups is 1. The second-order valence-electron chi connectivity index (χ2n) is 5.66. The zero-order valence-corrected chi connectivity index (χ0v) is 11.9. The van der Waals surface area contributed by atoms with E-state index in [4.69, 9.17) is 9.84 Å². The van der Waals surface area contributed by atoms with Crippen LogP contribution < -0.4 is 0 Å². The number of ether oxygens (including phenoxy) is 1. The van der Waals surface area contributed by atoms with E-state index in [-0.39, 0.29) is 0 Å². The van der Waals surface area contributed by atoms with E-state index in [1.807, 2.05) is 6.92 Å². The highest BCUT2D eigenvalue weighted by molar-refractivity contribution is 5.72. The third kappa shape index (κ3) is 5.09. The van der Waals surface area contributed by atoms with Gasteiger partial charge in [-0.05, 0) is 32.1 Å². The van der Waals surface area contributed by atoms with Gasteiger partial charge in [-0.25, -0.2) is 4.79 Å². The lowest BCUT2D eigenvalue weighted by Gasteiger charge is -2.35.